The van der Waals surface area contributed by atoms with E-state index in [0.29, 0.717) is 46.2 Å². The first-order chi connectivity index (χ1) is 20.2. The Morgan fingerprint density at radius 3 is 1.43 bits per heavy atom. The summed E-state index contributed by atoms with van der Waals surface area (Å²) in [6, 6.07) is 4.61. The van der Waals surface area contributed by atoms with Crippen molar-refractivity contribution in [3.63, 3.8) is 0 Å². The van der Waals surface area contributed by atoms with E-state index >= 15 is 0 Å². The van der Waals surface area contributed by atoms with Crippen LogP contribution in [0.5, 0.6) is 11.5 Å². The highest BCUT2D eigenvalue weighted by atomic mass is 19.4. The summed E-state index contributed by atoms with van der Waals surface area (Å²) < 4.78 is 78.4. The van der Waals surface area contributed by atoms with Crippen molar-refractivity contribution >= 4 is 22.7 Å². The van der Waals surface area contributed by atoms with Gasteiger partial charge >= 0.3 is 6.18 Å². The van der Waals surface area contributed by atoms with Crippen LogP contribution in [0.25, 0.3) is 0 Å². The normalized spacial score (nSPS) is 17.0. The molecule has 1 aliphatic rings. The van der Waals surface area contributed by atoms with Gasteiger partial charge in [-0.2, -0.15) is 13.2 Å². The lowest BCUT2D eigenvalue weighted by Crippen LogP contribution is -2.14. The van der Waals surface area contributed by atoms with Crippen LogP contribution >= 0.6 is 0 Å². The van der Waals surface area contributed by atoms with Crippen molar-refractivity contribution in [1.29, 1.82) is 0 Å². The number of nitrogens with one attached hydrogen (secondary N) is 1. The number of benzene rings is 2. The van der Waals surface area contributed by atoms with Crippen LogP contribution in [0.1, 0.15) is 5.56 Å². The van der Waals surface area contributed by atoms with Crippen LogP contribution in [0.2, 0.25) is 0 Å². The SMILES string of the molecule is O=[N+]([O-])c1cc(C(F)(F)F)cc([N+](=O)[O-])c1Nc1ccc2c(c1)OCCOCCOCCOCCOCCOCCO2. The van der Waals surface area contributed by atoms with Crippen LogP contribution in [0, 0.1) is 20.2 Å². The standard InChI is InChI=1S/C25H30F3N3O11/c26-25(27,28)18-15-20(30(32)33)24(21(16-18)31(34)35)29-19-1-2-22-23(17-19)42-14-12-40-10-8-38-6-4-36-3-5-37-7-9-39-11-13-41-22/h1-2,15-17,29H,3-14H2. The van der Waals surface area contributed by atoms with Gasteiger partial charge in [0.05, 0.1) is 81.5 Å². The maximum Gasteiger partial charge on any atom is 0.416 e. The minimum absolute atomic E-state index is 0.0529. The molecule has 17 heteroatoms. The molecule has 2 aromatic rings. The number of rotatable bonds is 4. The summed E-state index contributed by atoms with van der Waals surface area (Å²) in [5.41, 5.74) is -4.46. The van der Waals surface area contributed by atoms with Crippen LogP contribution in [-0.2, 0) is 29.9 Å². The zero-order valence-electron chi connectivity index (χ0n) is 22.4. The lowest BCUT2D eigenvalue weighted by Gasteiger charge is -2.16. The second kappa shape index (κ2) is 16.6. The van der Waals surface area contributed by atoms with Gasteiger partial charge in [-0.1, -0.05) is 0 Å². The number of ether oxygens (including phenoxy) is 7. The minimum Gasteiger partial charge on any atom is -0.487 e. The summed E-state index contributed by atoms with van der Waals surface area (Å²) in [6.45, 7) is 3.46. The monoisotopic (exact) mass is 605 g/mol. The summed E-state index contributed by atoms with van der Waals surface area (Å²) in [4.78, 5) is 20.9. The quantitative estimate of drug-likeness (QED) is 0.392. The van der Waals surface area contributed by atoms with E-state index in [0.717, 1.165) is 0 Å². The summed E-state index contributed by atoms with van der Waals surface area (Å²) in [7, 11) is 0. The number of nitrogens with zero attached hydrogens (tertiary/aromatic N) is 2. The topological polar surface area (TPSA) is 163 Å². The van der Waals surface area contributed by atoms with Gasteiger partial charge in [-0.15, -0.1) is 0 Å². The number of hydrogen-bond donors (Lipinski definition) is 1. The Morgan fingerprint density at radius 1 is 0.619 bits per heavy atom. The fourth-order valence-corrected chi connectivity index (χ4v) is 3.56. The van der Waals surface area contributed by atoms with E-state index in [4.69, 9.17) is 33.2 Å². The molecule has 232 valence electrons. The van der Waals surface area contributed by atoms with Crippen LogP contribution < -0.4 is 14.8 Å². The smallest absolute Gasteiger partial charge is 0.416 e. The lowest BCUT2D eigenvalue weighted by molar-refractivity contribution is -0.392. The molecule has 0 saturated heterocycles. The molecule has 42 heavy (non-hydrogen) atoms. The van der Waals surface area contributed by atoms with Gasteiger partial charge in [0.2, 0.25) is 0 Å². The van der Waals surface area contributed by atoms with Crippen molar-refractivity contribution in [1.82, 2.24) is 0 Å². The highest BCUT2D eigenvalue weighted by Gasteiger charge is 2.37. The highest BCUT2D eigenvalue weighted by molar-refractivity contribution is 5.80. The highest BCUT2D eigenvalue weighted by Crippen LogP contribution is 2.43. The van der Waals surface area contributed by atoms with E-state index in [1.54, 1.807) is 0 Å². The molecule has 1 N–H and O–H groups in total. The average molecular weight is 606 g/mol. The third kappa shape index (κ3) is 10.6. The van der Waals surface area contributed by atoms with Gasteiger partial charge in [-0.3, -0.25) is 20.2 Å². The molecule has 0 saturated carbocycles. The fraction of sp³-hybridized carbons (Fsp3) is 0.520. The zero-order valence-corrected chi connectivity index (χ0v) is 22.4. The van der Waals surface area contributed by atoms with Gasteiger partial charge in [-0.05, 0) is 12.1 Å². The Bertz CT molecular complexity index is 1150. The predicted octanol–water partition coefficient (Wildman–Crippen LogP) is 4.12. The van der Waals surface area contributed by atoms with Gasteiger partial charge < -0.3 is 38.5 Å². The molecule has 0 radical (unpaired) electrons. The number of hydrogen-bond acceptors (Lipinski definition) is 12. The van der Waals surface area contributed by atoms with Crippen LogP contribution in [0.4, 0.5) is 35.9 Å². The van der Waals surface area contributed by atoms with E-state index < -0.39 is 38.6 Å². The first-order valence-electron chi connectivity index (χ1n) is 12.8. The third-order valence-corrected chi connectivity index (χ3v) is 5.49. The molecule has 1 heterocycles. The number of alkyl halides is 3. The number of anilines is 2. The van der Waals surface area contributed by atoms with Crippen molar-refractivity contribution in [2.75, 3.05) is 84.6 Å². The van der Waals surface area contributed by atoms with E-state index in [1.165, 1.54) is 18.2 Å². The molecule has 0 aromatic heterocycles. The molecule has 0 amide bonds. The summed E-state index contributed by atoms with van der Waals surface area (Å²) >= 11 is 0. The first-order valence-corrected chi connectivity index (χ1v) is 12.8. The summed E-state index contributed by atoms with van der Waals surface area (Å²) in [5.74, 6) is 0.395. The molecule has 2 aromatic carbocycles. The van der Waals surface area contributed by atoms with Crippen molar-refractivity contribution < 1.29 is 56.2 Å². The molecular formula is C25H30F3N3O11. The molecule has 0 aliphatic carbocycles. The van der Waals surface area contributed by atoms with Crippen molar-refractivity contribution in [3.05, 3.63) is 56.1 Å². The average Bonchev–Trinajstić information content (AvgIpc) is 2.93. The van der Waals surface area contributed by atoms with Gasteiger partial charge in [0.25, 0.3) is 11.4 Å². The van der Waals surface area contributed by atoms with E-state index in [1.807, 2.05) is 0 Å². The molecule has 0 fully saturated rings. The Morgan fingerprint density at radius 2 is 1.02 bits per heavy atom. The minimum atomic E-state index is -5.04. The Kier molecular flexibility index (Phi) is 13.0. The molecular weight excluding hydrogens is 575 g/mol. The molecule has 1 aliphatic heterocycles. The number of nitro benzene ring substituents is 2. The van der Waals surface area contributed by atoms with Gasteiger partial charge in [0.1, 0.15) is 13.2 Å². The first kappa shape index (κ1) is 32.7. The van der Waals surface area contributed by atoms with Crippen molar-refractivity contribution in [2.45, 2.75) is 6.18 Å². The molecule has 14 nitrogen and oxygen atoms in total. The summed E-state index contributed by atoms with van der Waals surface area (Å²) in [5, 5.41) is 25.7. The van der Waals surface area contributed by atoms with Gasteiger partial charge in [0, 0.05) is 23.9 Å². The maximum absolute atomic E-state index is 13.3. The van der Waals surface area contributed by atoms with E-state index in [2.05, 4.69) is 5.32 Å². The zero-order chi connectivity index (χ0) is 30.4. The van der Waals surface area contributed by atoms with Gasteiger partial charge in [-0.25, -0.2) is 0 Å². The molecule has 0 unspecified atom stereocenters. The Balaban J connectivity index is 1.80. The number of fused-ring (bicyclic) bond motifs is 1. The second-order valence-corrected chi connectivity index (χ2v) is 8.45. The second-order valence-electron chi connectivity index (χ2n) is 8.45. The fourth-order valence-electron chi connectivity index (χ4n) is 3.56. The van der Waals surface area contributed by atoms with E-state index in [9.17, 15) is 33.4 Å². The Hall–Kier alpha value is -3.77. The van der Waals surface area contributed by atoms with Crippen LogP contribution in [0.3, 0.4) is 0 Å². The predicted molar refractivity (Wildman–Crippen MR) is 140 cm³/mol. The largest absolute Gasteiger partial charge is 0.487 e. The Labute approximate surface area is 237 Å². The summed E-state index contributed by atoms with van der Waals surface area (Å²) in [6.07, 6.45) is -5.04. The molecule has 3 rings (SSSR count). The van der Waals surface area contributed by atoms with Gasteiger partial charge in [0.15, 0.2) is 17.2 Å². The van der Waals surface area contributed by atoms with Crippen molar-refractivity contribution in [3.8, 4) is 11.5 Å². The van der Waals surface area contributed by atoms with Crippen molar-refractivity contribution in [2.24, 2.45) is 0 Å². The number of halogens is 3. The van der Waals surface area contributed by atoms with E-state index in [-0.39, 0.29) is 62.4 Å². The molecule has 0 spiro atoms. The number of nitro groups is 2. The lowest BCUT2D eigenvalue weighted by atomic mass is 10.1. The molecule has 0 atom stereocenters. The van der Waals surface area contributed by atoms with Crippen LogP contribution in [-0.4, -0.2) is 89.1 Å². The third-order valence-electron chi connectivity index (χ3n) is 5.49. The molecule has 0 bridgehead atoms. The maximum atomic E-state index is 13.3. The van der Waals surface area contributed by atoms with Crippen LogP contribution in [0.15, 0.2) is 30.3 Å².